The number of nitrogens with two attached hydrogens (primary N) is 1. The minimum Gasteiger partial charge on any atom is -0.497 e. The molecule has 50 heavy (non-hydrogen) atoms. The van der Waals surface area contributed by atoms with E-state index in [0.717, 1.165) is 46.5 Å². The summed E-state index contributed by atoms with van der Waals surface area (Å²) in [6, 6.07) is 26.5. The van der Waals surface area contributed by atoms with Gasteiger partial charge >= 0.3 is 0 Å². The molecule has 0 saturated heterocycles. The van der Waals surface area contributed by atoms with E-state index in [9.17, 15) is 4.79 Å². The maximum Gasteiger partial charge on any atom is 0.269 e. The van der Waals surface area contributed by atoms with Gasteiger partial charge in [-0.15, -0.1) is 0 Å². The Bertz CT molecular complexity index is 2260. The Hall–Kier alpha value is -5.88. The number of carbonyl (C=O) groups is 1. The third kappa shape index (κ3) is 5.98. The molecular weight excluding hydrogens is 700 g/mol. The lowest BCUT2D eigenvalue weighted by Gasteiger charge is -2.19. The number of pyridine rings is 2. The van der Waals surface area contributed by atoms with Gasteiger partial charge in [0, 0.05) is 17.4 Å². The number of nitrogens with zero attached hydrogens (tertiary/aromatic N) is 4. The number of methoxy groups -OCH3 is 1. The molecule has 11 nitrogen and oxygen atoms in total. The summed E-state index contributed by atoms with van der Waals surface area (Å²) in [6.07, 6.45) is 5.44. The number of amides is 1. The van der Waals surface area contributed by atoms with E-state index >= 15 is 0 Å². The lowest BCUT2D eigenvalue weighted by molar-refractivity contribution is -0.0266. The highest BCUT2D eigenvalue weighted by molar-refractivity contribution is 9.10. The molecule has 3 aromatic heterocycles. The molecule has 8 rings (SSSR count). The summed E-state index contributed by atoms with van der Waals surface area (Å²) < 4.78 is 25.4. The predicted octanol–water partition coefficient (Wildman–Crippen LogP) is 7.35. The number of imidazole rings is 1. The van der Waals surface area contributed by atoms with Crippen LogP contribution in [0, 0.1) is 0 Å². The molecule has 4 heterocycles. The second-order valence-electron chi connectivity index (χ2n) is 11.9. The fourth-order valence-corrected chi connectivity index (χ4v) is 6.67. The Morgan fingerprint density at radius 1 is 1.00 bits per heavy atom. The molecule has 250 valence electrons. The monoisotopic (exact) mass is 730 g/mol. The van der Waals surface area contributed by atoms with Crippen LogP contribution in [0.15, 0.2) is 108 Å². The van der Waals surface area contributed by atoms with Gasteiger partial charge in [0.1, 0.15) is 46.6 Å². The number of ether oxygens (including phenoxy) is 4. The molecule has 1 aliphatic carbocycles. The Morgan fingerprint density at radius 2 is 1.84 bits per heavy atom. The maximum atomic E-state index is 13.7. The van der Waals surface area contributed by atoms with Crippen LogP contribution in [0.3, 0.4) is 0 Å². The summed E-state index contributed by atoms with van der Waals surface area (Å²) in [5.41, 5.74) is 13.6. The average molecular weight is 732 g/mol. The lowest BCUT2D eigenvalue weighted by atomic mass is 10.1. The Labute approximate surface area is 295 Å². The summed E-state index contributed by atoms with van der Waals surface area (Å²) in [6.45, 7) is 0.322. The highest BCUT2D eigenvalue weighted by Crippen LogP contribution is 2.37. The van der Waals surface area contributed by atoms with Crippen molar-refractivity contribution in [3.05, 3.63) is 136 Å². The van der Waals surface area contributed by atoms with Gasteiger partial charge in [0.25, 0.3) is 12.2 Å². The number of hydrogen-bond acceptors (Lipinski definition) is 9. The molecule has 12 heteroatoms. The Balaban J connectivity index is 1.05. The summed E-state index contributed by atoms with van der Waals surface area (Å²) in [4.78, 5) is 27.6. The number of aromatic nitrogens is 4. The van der Waals surface area contributed by atoms with Crippen LogP contribution in [0.25, 0.3) is 28.2 Å². The number of hydrogen-bond donors (Lipinski definition) is 2. The number of rotatable bonds is 9. The highest BCUT2D eigenvalue weighted by atomic mass is 79.9. The molecule has 0 fully saturated rings. The lowest BCUT2D eigenvalue weighted by Crippen LogP contribution is -2.27. The van der Waals surface area contributed by atoms with Crippen LogP contribution >= 0.6 is 15.9 Å². The quantitative estimate of drug-likeness (QED) is 0.146. The molecule has 6 aromatic rings. The van der Waals surface area contributed by atoms with Crippen molar-refractivity contribution in [2.75, 3.05) is 12.8 Å². The fraction of sp³-hybridized carbons (Fsp3) is 0.158. The van der Waals surface area contributed by atoms with Crippen LogP contribution in [-0.2, 0) is 22.5 Å². The first kappa shape index (κ1) is 31.4. The van der Waals surface area contributed by atoms with Crippen molar-refractivity contribution >= 4 is 38.8 Å². The van der Waals surface area contributed by atoms with Gasteiger partial charge in [0.15, 0.2) is 11.5 Å². The van der Waals surface area contributed by atoms with E-state index in [1.807, 2.05) is 59.2 Å². The normalized spacial score (nSPS) is 15.0. The van der Waals surface area contributed by atoms with Crippen LogP contribution < -0.4 is 20.5 Å². The SMILES string of the molecule is COc1ccc(COc2ccc(C(=O)N[C@H]3CCc4cc(-n5c(-c6cccnc6N)nc6ccc(Br)nc65)ccc43)cc2C2OC=CO2)cc1. The van der Waals surface area contributed by atoms with E-state index in [2.05, 4.69) is 38.4 Å². The number of benzene rings is 3. The highest BCUT2D eigenvalue weighted by Gasteiger charge is 2.28. The van der Waals surface area contributed by atoms with Crippen molar-refractivity contribution in [3.63, 3.8) is 0 Å². The van der Waals surface area contributed by atoms with E-state index in [0.29, 0.717) is 50.9 Å². The first-order chi connectivity index (χ1) is 24.4. The van der Waals surface area contributed by atoms with Crippen LogP contribution in [-0.4, -0.2) is 32.5 Å². The van der Waals surface area contributed by atoms with E-state index in [-0.39, 0.29) is 11.9 Å². The molecule has 0 saturated carbocycles. The van der Waals surface area contributed by atoms with Crippen molar-refractivity contribution in [2.24, 2.45) is 0 Å². The van der Waals surface area contributed by atoms with E-state index in [1.54, 1.807) is 31.5 Å². The zero-order valence-electron chi connectivity index (χ0n) is 26.9. The Morgan fingerprint density at radius 3 is 2.64 bits per heavy atom. The number of aryl methyl sites for hydroxylation is 1. The van der Waals surface area contributed by atoms with Crippen LogP contribution in [0.1, 0.15) is 51.4 Å². The van der Waals surface area contributed by atoms with Gasteiger partial charge in [-0.3, -0.25) is 9.36 Å². The van der Waals surface area contributed by atoms with Crippen molar-refractivity contribution in [1.29, 1.82) is 0 Å². The largest absolute Gasteiger partial charge is 0.497 e. The fourth-order valence-electron chi connectivity index (χ4n) is 6.37. The first-order valence-electron chi connectivity index (χ1n) is 16.0. The van der Waals surface area contributed by atoms with Crippen LogP contribution in [0.4, 0.5) is 5.82 Å². The molecule has 0 spiro atoms. The Kier molecular flexibility index (Phi) is 8.29. The second-order valence-corrected chi connectivity index (χ2v) is 12.7. The van der Waals surface area contributed by atoms with Crippen molar-refractivity contribution in [1.82, 2.24) is 24.8 Å². The second kappa shape index (κ2) is 13.2. The van der Waals surface area contributed by atoms with Crippen LogP contribution in [0.5, 0.6) is 11.5 Å². The minimum atomic E-state index is -0.722. The number of nitrogens with one attached hydrogen (secondary N) is 1. The summed E-state index contributed by atoms with van der Waals surface area (Å²) >= 11 is 3.51. The van der Waals surface area contributed by atoms with Crippen molar-refractivity contribution in [3.8, 4) is 28.6 Å². The van der Waals surface area contributed by atoms with Gasteiger partial charge in [0.05, 0.1) is 24.3 Å². The molecule has 3 aromatic carbocycles. The zero-order chi connectivity index (χ0) is 34.2. The molecular formula is C38H31BrN6O5. The van der Waals surface area contributed by atoms with Gasteiger partial charge in [-0.05, 0) is 112 Å². The first-order valence-corrected chi connectivity index (χ1v) is 16.8. The third-order valence-corrected chi connectivity index (χ3v) is 9.30. The zero-order valence-corrected chi connectivity index (χ0v) is 28.5. The molecule has 2 aliphatic rings. The average Bonchev–Trinajstić information content (AvgIpc) is 3.90. The van der Waals surface area contributed by atoms with Crippen LogP contribution in [0.2, 0.25) is 0 Å². The number of nitrogen functional groups attached to an aromatic ring is 1. The number of carbonyl (C=O) groups excluding carboxylic acids is 1. The number of fused-ring (bicyclic) bond motifs is 2. The molecule has 1 atom stereocenters. The van der Waals surface area contributed by atoms with Gasteiger partial charge < -0.3 is 30.0 Å². The van der Waals surface area contributed by atoms with E-state index < -0.39 is 6.29 Å². The van der Waals surface area contributed by atoms with Crippen molar-refractivity contribution in [2.45, 2.75) is 31.8 Å². The van der Waals surface area contributed by atoms with Gasteiger partial charge in [-0.1, -0.05) is 18.2 Å². The number of halogens is 1. The minimum absolute atomic E-state index is 0.165. The summed E-state index contributed by atoms with van der Waals surface area (Å²) in [7, 11) is 1.63. The molecule has 1 aliphatic heterocycles. The molecule has 3 N–H and O–H groups in total. The smallest absolute Gasteiger partial charge is 0.269 e. The van der Waals surface area contributed by atoms with Gasteiger partial charge in [-0.25, -0.2) is 15.0 Å². The van der Waals surface area contributed by atoms with Gasteiger partial charge in [0.2, 0.25) is 0 Å². The van der Waals surface area contributed by atoms with E-state index in [4.69, 9.17) is 34.6 Å². The predicted molar refractivity (Wildman–Crippen MR) is 191 cm³/mol. The molecule has 1 amide bonds. The summed E-state index contributed by atoms with van der Waals surface area (Å²) in [5.74, 6) is 2.16. The standard InChI is InChI=1S/C38H31BrN6O5/c1-47-26-9-4-22(5-10-26)21-50-32-14-7-24(20-29(32)38-48-17-18-49-38)37(46)43-30-12-6-23-19-25(8-11-27(23)30)45-35(28-3-2-16-41-34(28)40)42-31-13-15-33(39)44-36(31)45/h2-5,7-11,13-20,30,38H,6,12,21H2,1H3,(H2,40,41)(H,43,46)/t30-/m0/s1. The van der Waals surface area contributed by atoms with Crippen molar-refractivity contribution < 1.29 is 23.7 Å². The summed E-state index contributed by atoms with van der Waals surface area (Å²) in [5, 5.41) is 3.24. The molecule has 0 bridgehead atoms. The number of anilines is 1. The topological polar surface area (TPSA) is 136 Å². The molecule has 0 radical (unpaired) electrons. The van der Waals surface area contributed by atoms with E-state index in [1.165, 1.54) is 12.5 Å². The molecule has 0 unspecified atom stereocenters. The third-order valence-electron chi connectivity index (χ3n) is 8.86. The maximum absolute atomic E-state index is 13.7. The van der Waals surface area contributed by atoms with Gasteiger partial charge in [-0.2, -0.15) is 0 Å².